The summed E-state index contributed by atoms with van der Waals surface area (Å²) in [5.41, 5.74) is 5.53. The van der Waals surface area contributed by atoms with Gasteiger partial charge in [0.05, 0.1) is 13.3 Å². The number of nitrogens with zero attached hydrogens (tertiary/aromatic N) is 1. The number of amides is 1. The maximum atomic E-state index is 12.2. The van der Waals surface area contributed by atoms with E-state index in [2.05, 4.69) is 29.6 Å². The highest BCUT2D eigenvalue weighted by atomic mass is 16.5. The molecule has 4 aromatic rings. The minimum Gasteiger partial charge on any atom is -0.493 e. The molecule has 0 fully saturated rings. The SMILES string of the molecule is COc1cc(/C=N/NC(=O)COc2cccc3ccccc23)ccc1OCc1ccc(C)cc1. The first-order valence-corrected chi connectivity index (χ1v) is 10.9. The van der Waals surface area contributed by atoms with Crippen molar-refractivity contribution in [2.75, 3.05) is 13.7 Å². The van der Waals surface area contributed by atoms with Crippen LogP contribution in [0, 0.1) is 6.92 Å². The van der Waals surface area contributed by atoms with Crippen molar-refractivity contribution < 1.29 is 19.0 Å². The summed E-state index contributed by atoms with van der Waals surface area (Å²) < 4.78 is 17.0. The van der Waals surface area contributed by atoms with Crippen molar-refractivity contribution >= 4 is 22.9 Å². The third-order valence-corrected chi connectivity index (χ3v) is 5.21. The second kappa shape index (κ2) is 11.0. The van der Waals surface area contributed by atoms with Crippen LogP contribution in [0.25, 0.3) is 10.8 Å². The van der Waals surface area contributed by atoms with Crippen LogP contribution in [-0.4, -0.2) is 25.8 Å². The van der Waals surface area contributed by atoms with Gasteiger partial charge in [0.15, 0.2) is 18.1 Å². The van der Waals surface area contributed by atoms with E-state index in [4.69, 9.17) is 14.2 Å². The topological polar surface area (TPSA) is 69.2 Å². The van der Waals surface area contributed by atoms with Gasteiger partial charge in [0.25, 0.3) is 5.91 Å². The highest BCUT2D eigenvalue weighted by Crippen LogP contribution is 2.28. The maximum Gasteiger partial charge on any atom is 0.277 e. The number of aryl methyl sites for hydroxylation is 1. The van der Waals surface area contributed by atoms with Crippen molar-refractivity contribution in [2.45, 2.75) is 13.5 Å². The molecule has 4 aromatic carbocycles. The molecule has 1 amide bonds. The highest BCUT2D eigenvalue weighted by Gasteiger charge is 2.07. The Morgan fingerprint density at radius 3 is 2.50 bits per heavy atom. The molecule has 0 aliphatic rings. The zero-order chi connectivity index (χ0) is 23.8. The molecule has 34 heavy (non-hydrogen) atoms. The number of hydrazone groups is 1. The quantitative estimate of drug-likeness (QED) is 0.277. The van der Waals surface area contributed by atoms with Crippen LogP contribution in [0.4, 0.5) is 0 Å². The van der Waals surface area contributed by atoms with Gasteiger partial charge < -0.3 is 14.2 Å². The number of ether oxygens (including phenoxy) is 3. The van der Waals surface area contributed by atoms with Gasteiger partial charge in [-0.1, -0.05) is 66.2 Å². The van der Waals surface area contributed by atoms with Crippen molar-refractivity contribution in [2.24, 2.45) is 5.10 Å². The van der Waals surface area contributed by atoms with Gasteiger partial charge in [-0.15, -0.1) is 0 Å². The molecule has 4 rings (SSSR count). The van der Waals surface area contributed by atoms with Crippen LogP contribution in [0.15, 0.2) is 90.0 Å². The second-order valence-corrected chi connectivity index (χ2v) is 7.74. The molecular weight excluding hydrogens is 428 g/mol. The number of benzene rings is 4. The van der Waals surface area contributed by atoms with E-state index >= 15 is 0 Å². The van der Waals surface area contributed by atoms with E-state index in [0.717, 1.165) is 21.9 Å². The Hall–Kier alpha value is -4.32. The molecule has 0 aliphatic heterocycles. The van der Waals surface area contributed by atoms with Gasteiger partial charge in [-0.3, -0.25) is 4.79 Å². The molecule has 0 bridgehead atoms. The van der Waals surface area contributed by atoms with Crippen molar-refractivity contribution in [1.29, 1.82) is 0 Å². The van der Waals surface area contributed by atoms with Crippen molar-refractivity contribution in [3.63, 3.8) is 0 Å². The van der Waals surface area contributed by atoms with Gasteiger partial charge in [0.1, 0.15) is 12.4 Å². The molecule has 6 heteroatoms. The van der Waals surface area contributed by atoms with E-state index in [-0.39, 0.29) is 12.5 Å². The lowest BCUT2D eigenvalue weighted by Gasteiger charge is -2.11. The van der Waals surface area contributed by atoms with Crippen LogP contribution in [0.2, 0.25) is 0 Å². The van der Waals surface area contributed by atoms with Crippen LogP contribution in [-0.2, 0) is 11.4 Å². The first-order chi connectivity index (χ1) is 16.6. The number of nitrogens with one attached hydrogen (secondary N) is 1. The monoisotopic (exact) mass is 454 g/mol. The van der Waals surface area contributed by atoms with E-state index in [1.54, 1.807) is 19.4 Å². The predicted molar refractivity (Wildman–Crippen MR) is 134 cm³/mol. The number of rotatable bonds is 9. The van der Waals surface area contributed by atoms with Gasteiger partial charge in [-0.25, -0.2) is 5.43 Å². The Balaban J connectivity index is 1.31. The van der Waals surface area contributed by atoms with Crippen LogP contribution in [0.3, 0.4) is 0 Å². The van der Waals surface area contributed by atoms with Gasteiger partial charge in [0.2, 0.25) is 0 Å². The lowest BCUT2D eigenvalue weighted by molar-refractivity contribution is -0.123. The summed E-state index contributed by atoms with van der Waals surface area (Å²) in [6, 6.07) is 27.2. The van der Waals surface area contributed by atoms with Crippen LogP contribution in [0.5, 0.6) is 17.2 Å². The summed E-state index contributed by atoms with van der Waals surface area (Å²) in [5.74, 6) is 1.52. The minimum atomic E-state index is -0.353. The number of carbonyl (C=O) groups excluding carboxylic acids is 1. The van der Waals surface area contributed by atoms with Crippen LogP contribution < -0.4 is 19.6 Å². The van der Waals surface area contributed by atoms with E-state index in [9.17, 15) is 4.79 Å². The Morgan fingerprint density at radius 1 is 0.882 bits per heavy atom. The van der Waals surface area contributed by atoms with E-state index in [1.807, 2.05) is 66.7 Å². The molecule has 0 radical (unpaired) electrons. The summed E-state index contributed by atoms with van der Waals surface area (Å²) in [6.45, 7) is 2.35. The van der Waals surface area contributed by atoms with Gasteiger partial charge in [0, 0.05) is 5.39 Å². The van der Waals surface area contributed by atoms with Crippen LogP contribution in [0.1, 0.15) is 16.7 Å². The average Bonchev–Trinajstić information content (AvgIpc) is 2.87. The summed E-state index contributed by atoms with van der Waals surface area (Å²) >= 11 is 0. The van der Waals surface area contributed by atoms with Gasteiger partial charge in [-0.05, 0) is 47.7 Å². The Bertz CT molecular complexity index is 1290. The highest BCUT2D eigenvalue weighted by molar-refractivity contribution is 5.89. The standard InChI is InChI=1S/C28H26N2O4/c1-20-10-12-21(13-11-20)18-33-26-15-14-22(16-27(26)32-2)17-29-30-28(31)19-34-25-9-5-7-23-6-3-4-8-24(23)25/h3-17H,18-19H2,1-2H3,(H,30,31)/b29-17+. The summed E-state index contributed by atoms with van der Waals surface area (Å²) in [6.07, 6.45) is 1.54. The largest absolute Gasteiger partial charge is 0.493 e. The average molecular weight is 455 g/mol. The maximum absolute atomic E-state index is 12.2. The molecule has 172 valence electrons. The van der Waals surface area contributed by atoms with Crippen molar-refractivity contribution in [3.05, 3.63) is 102 Å². The molecule has 0 aliphatic carbocycles. The van der Waals surface area contributed by atoms with Gasteiger partial charge >= 0.3 is 0 Å². The molecule has 0 atom stereocenters. The molecule has 0 spiro atoms. The second-order valence-electron chi connectivity index (χ2n) is 7.74. The molecule has 0 saturated carbocycles. The fourth-order valence-corrected chi connectivity index (χ4v) is 3.41. The smallest absolute Gasteiger partial charge is 0.277 e. The van der Waals surface area contributed by atoms with Gasteiger partial charge in [-0.2, -0.15) is 5.10 Å². The summed E-state index contributed by atoms with van der Waals surface area (Å²) in [4.78, 5) is 12.2. The molecule has 0 unspecified atom stereocenters. The number of methoxy groups -OCH3 is 1. The van der Waals surface area contributed by atoms with Crippen molar-refractivity contribution in [3.8, 4) is 17.2 Å². The Kier molecular flexibility index (Phi) is 7.40. The van der Waals surface area contributed by atoms with E-state index in [0.29, 0.717) is 23.9 Å². The third-order valence-electron chi connectivity index (χ3n) is 5.21. The minimum absolute atomic E-state index is 0.138. The normalized spacial score (nSPS) is 10.9. The zero-order valence-electron chi connectivity index (χ0n) is 19.2. The first kappa shape index (κ1) is 22.9. The number of hydrogen-bond acceptors (Lipinski definition) is 5. The fraction of sp³-hybridized carbons (Fsp3) is 0.143. The Morgan fingerprint density at radius 2 is 1.68 bits per heavy atom. The number of hydrogen-bond donors (Lipinski definition) is 1. The zero-order valence-corrected chi connectivity index (χ0v) is 19.2. The molecule has 6 nitrogen and oxygen atoms in total. The Labute approximate surface area is 198 Å². The first-order valence-electron chi connectivity index (χ1n) is 10.9. The van der Waals surface area contributed by atoms with Crippen molar-refractivity contribution in [1.82, 2.24) is 5.43 Å². The fourth-order valence-electron chi connectivity index (χ4n) is 3.41. The predicted octanol–water partition coefficient (Wildman–Crippen LogP) is 5.26. The lowest BCUT2D eigenvalue weighted by Crippen LogP contribution is -2.24. The third kappa shape index (κ3) is 5.92. The molecular formula is C28H26N2O4. The molecule has 1 N–H and O–H groups in total. The molecule has 0 saturated heterocycles. The summed E-state index contributed by atoms with van der Waals surface area (Å²) in [5, 5.41) is 6.03. The van der Waals surface area contributed by atoms with E-state index < -0.39 is 0 Å². The molecule has 0 aromatic heterocycles. The van der Waals surface area contributed by atoms with E-state index in [1.165, 1.54) is 5.56 Å². The molecule has 0 heterocycles. The summed E-state index contributed by atoms with van der Waals surface area (Å²) in [7, 11) is 1.58. The number of carbonyl (C=O) groups is 1. The number of fused-ring (bicyclic) bond motifs is 1. The van der Waals surface area contributed by atoms with Crippen LogP contribution >= 0.6 is 0 Å². The lowest BCUT2D eigenvalue weighted by atomic mass is 10.1.